The van der Waals surface area contributed by atoms with E-state index in [4.69, 9.17) is 0 Å². The van der Waals surface area contributed by atoms with Crippen LogP contribution >= 0.6 is 0 Å². The Hall–Kier alpha value is -6.64. The molecule has 4 aliphatic rings. The Morgan fingerprint density at radius 1 is 0.452 bits per heavy atom. The van der Waals surface area contributed by atoms with Crippen LogP contribution in [-0.4, -0.2) is 4.57 Å². The molecule has 1 spiro atoms. The molecule has 3 fully saturated rings. The van der Waals surface area contributed by atoms with E-state index in [0.717, 1.165) is 23.0 Å². The number of rotatable bonds is 6. The monoisotopic (exact) mass is 798 g/mol. The highest BCUT2D eigenvalue weighted by Crippen LogP contribution is 2.76. The van der Waals surface area contributed by atoms with Gasteiger partial charge in [-0.25, -0.2) is 0 Å². The first kappa shape index (κ1) is 36.1. The molecule has 2 unspecified atom stereocenters. The third-order valence-electron chi connectivity index (χ3n) is 16.1. The molecule has 6 atom stereocenters. The van der Waals surface area contributed by atoms with E-state index < -0.39 is 5.41 Å². The molecule has 13 rings (SSSR count). The quantitative estimate of drug-likeness (QED) is 0.163. The maximum atomic E-state index is 2.64. The summed E-state index contributed by atoms with van der Waals surface area (Å²) in [5.74, 6) is 3.35. The van der Waals surface area contributed by atoms with Gasteiger partial charge in [-0.05, 0) is 149 Å². The lowest BCUT2D eigenvalue weighted by Crippen LogP contribution is -2.46. The van der Waals surface area contributed by atoms with Gasteiger partial charge in [0.05, 0.1) is 16.4 Å². The molecule has 1 heterocycles. The van der Waals surface area contributed by atoms with Gasteiger partial charge >= 0.3 is 0 Å². The summed E-state index contributed by atoms with van der Waals surface area (Å²) in [6.45, 7) is 2.53. The molecule has 4 aliphatic carbocycles. The normalized spacial score (nSPS) is 24.0. The lowest BCUT2D eigenvalue weighted by atomic mass is 9.53. The number of benzene rings is 8. The minimum atomic E-state index is -0.521. The van der Waals surface area contributed by atoms with Gasteiger partial charge in [-0.15, -0.1) is 0 Å². The maximum absolute atomic E-state index is 2.64. The SMILES string of the molecule is C[C@H]1C[C@@H]2C[C@@H]3C[C@H](C1)C21c2ccc(N(c4ccccc4)c4ccc(-n5c6ccccc6c6ccccc65)cc4)cc2C(c2ccccc2)(c2ccccc2)c2ccccc2C31. The smallest absolute Gasteiger partial charge is 0.0707 e. The summed E-state index contributed by atoms with van der Waals surface area (Å²) in [5, 5.41) is 2.56. The molecule has 0 N–H and O–H groups in total. The van der Waals surface area contributed by atoms with Crippen molar-refractivity contribution in [3.05, 3.63) is 240 Å². The molecule has 9 aromatic rings. The van der Waals surface area contributed by atoms with Crippen LogP contribution in [0.1, 0.15) is 71.9 Å². The van der Waals surface area contributed by atoms with Crippen LogP contribution in [0.2, 0.25) is 0 Å². The summed E-state index contributed by atoms with van der Waals surface area (Å²) in [4.78, 5) is 2.50. The van der Waals surface area contributed by atoms with E-state index in [0.29, 0.717) is 23.7 Å². The average Bonchev–Trinajstić information content (AvgIpc) is 3.93. The fraction of sp³-hybridized carbons (Fsp3) is 0.200. The molecular weight excluding hydrogens is 749 g/mol. The fourth-order valence-electron chi connectivity index (χ4n) is 14.2. The Kier molecular flexibility index (Phi) is 7.96. The Morgan fingerprint density at radius 3 is 1.60 bits per heavy atom. The largest absolute Gasteiger partial charge is 0.310 e. The Labute approximate surface area is 365 Å². The van der Waals surface area contributed by atoms with E-state index in [1.165, 1.54) is 75.4 Å². The van der Waals surface area contributed by atoms with E-state index in [1.54, 1.807) is 11.1 Å². The predicted octanol–water partition coefficient (Wildman–Crippen LogP) is 15.1. The first-order valence-corrected chi connectivity index (χ1v) is 22.9. The van der Waals surface area contributed by atoms with E-state index in [2.05, 4.69) is 223 Å². The number of hydrogen-bond donors (Lipinski definition) is 0. The van der Waals surface area contributed by atoms with Crippen molar-refractivity contribution < 1.29 is 0 Å². The van der Waals surface area contributed by atoms with Crippen molar-refractivity contribution in [3.8, 4) is 5.69 Å². The first-order chi connectivity index (χ1) is 30.7. The second-order valence-electron chi connectivity index (χ2n) is 19.0. The zero-order valence-electron chi connectivity index (χ0n) is 35.2. The maximum Gasteiger partial charge on any atom is 0.0707 e. The van der Waals surface area contributed by atoms with Crippen molar-refractivity contribution in [1.29, 1.82) is 0 Å². The molecule has 62 heavy (non-hydrogen) atoms. The van der Waals surface area contributed by atoms with Crippen molar-refractivity contribution in [2.75, 3.05) is 4.90 Å². The van der Waals surface area contributed by atoms with Crippen LogP contribution in [-0.2, 0) is 10.8 Å². The van der Waals surface area contributed by atoms with Gasteiger partial charge in [0.25, 0.3) is 0 Å². The van der Waals surface area contributed by atoms with Gasteiger partial charge in [0.15, 0.2) is 0 Å². The molecule has 1 aromatic heterocycles. The highest BCUT2D eigenvalue weighted by atomic mass is 15.1. The summed E-state index contributed by atoms with van der Waals surface area (Å²) >= 11 is 0. The lowest BCUT2D eigenvalue weighted by Gasteiger charge is -2.51. The Morgan fingerprint density at radius 2 is 0.968 bits per heavy atom. The highest BCUT2D eigenvalue weighted by molar-refractivity contribution is 6.09. The van der Waals surface area contributed by atoms with Crippen LogP contribution in [0.5, 0.6) is 0 Å². The highest BCUT2D eigenvalue weighted by Gasteiger charge is 2.69. The first-order valence-electron chi connectivity index (χ1n) is 22.9. The van der Waals surface area contributed by atoms with Crippen molar-refractivity contribution in [2.24, 2.45) is 23.7 Å². The van der Waals surface area contributed by atoms with Crippen LogP contribution in [0.25, 0.3) is 27.5 Å². The number of nitrogens with zero attached hydrogens (tertiary/aromatic N) is 2. The molecular formula is C60H50N2. The van der Waals surface area contributed by atoms with Gasteiger partial charge in [-0.2, -0.15) is 0 Å². The molecule has 300 valence electrons. The summed E-state index contributed by atoms with van der Waals surface area (Å²) in [7, 11) is 0. The lowest BCUT2D eigenvalue weighted by molar-refractivity contribution is 0.0823. The molecule has 0 aliphatic heterocycles. The molecule has 2 heteroatoms. The predicted molar refractivity (Wildman–Crippen MR) is 256 cm³/mol. The number of hydrogen-bond acceptors (Lipinski definition) is 1. The molecule has 8 aromatic carbocycles. The minimum absolute atomic E-state index is 0.105. The third-order valence-corrected chi connectivity index (χ3v) is 16.1. The molecule has 0 saturated heterocycles. The molecule has 2 nitrogen and oxygen atoms in total. The van der Waals surface area contributed by atoms with E-state index in [9.17, 15) is 0 Å². The van der Waals surface area contributed by atoms with E-state index >= 15 is 0 Å². The van der Waals surface area contributed by atoms with Crippen LogP contribution in [0, 0.1) is 23.7 Å². The summed E-state index contributed by atoms with van der Waals surface area (Å²) in [5.41, 5.74) is 15.5. The van der Waals surface area contributed by atoms with E-state index in [1.807, 2.05) is 0 Å². The zero-order chi connectivity index (χ0) is 41.0. The number of aromatic nitrogens is 1. The van der Waals surface area contributed by atoms with Crippen LogP contribution in [0.4, 0.5) is 17.1 Å². The van der Waals surface area contributed by atoms with Gasteiger partial charge in [-0.3, -0.25) is 0 Å². The molecule has 0 radical (unpaired) electrons. The molecule has 3 saturated carbocycles. The minimum Gasteiger partial charge on any atom is -0.310 e. The Bertz CT molecular complexity index is 3020. The molecule has 2 bridgehead atoms. The van der Waals surface area contributed by atoms with Crippen LogP contribution in [0.3, 0.4) is 0 Å². The van der Waals surface area contributed by atoms with Gasteiger partial charge < -0.3 is 9.47 Å². The van der Waals surface area contributed by atoms with Crippen molar-refractivity contribution in [3.63, 3.8) is 0 Å². The zero-order valence-corrected chi connectivity index (χ0v) is 35.2. The van der Waals surface area contributed by atoms with Crippen LogP contribution in [0.15, 0.2) is 206 Å². The summed E-state index contributed by atoms with van der Waals surface area (Å²) in [6, 6.07) is 78.3. The summed E-state index contributed by atoms with van der Waals surface area (Å²) < 4.78 is 2.42. The number of fused-ring (bicyclic) bond motifs is 5. The number of anilines is 3. The topological polar surface area (TPSA) is 8.17 Å². The van der Waals surface area contributed by atoms with Crippen molar-refractivity contribution in [2.45, 2.75) is 49.4 Å². The Balaban J connectivity index is 1.08. The fourth-order valence-corrected chi connectivity index (χ4v) is 14.2. The van der Waals surface area contributed by atoms with Gasteiger partial charge in [0.1, 0.15) is 0 Å². The standard InChI is InChI=1S/C60H50N2/c1-40-35-44-37-41-38-45(36-40)60(44)54-34-33-49(39-55(54)59(42-17-5-2-6-18-42,43-19-7-3-8-20-43)53-26-14-11-25-52(53)58(41)60)61(46-21-9-4-10-22-46)47-29-31-48(32-30-47)62-56-27-15-12-23-50(56)51-24-13-16-28-57(51)62/h2-34,39-41,44-45,58H,35-38H2,1H3/t40-,41+,44+,45-,58?,60?. The van der Waals surface area contributed by atoms with Crippen molar-refractivity contribution in [1.82, 2.24) is 4.57 Å². The van der Waals surface area contributed by atoms with Gasteiger partial charge in [0, 0.05) is 38.9 Å². The summed E-state index contributed by atoms with van der Waals surface area (Å²) in [6.07, 6.45) is 5.34. The second kappa shape index (κ2) is 13.7. The van der Waals surface area contributed by atoms with E-state index in [-0.39, 0.29) is 5.41 Å². The van der Waals surface area contributed by atoms with Gasteiger partial charge in [0.2, 0.25) is 0 Å². The molecule has 0 amide bonds. The number of para-hydroxylation sites is 3. The van der Waals surface area contributed by atoms with Crippen LogP contribution < -0.4 is 4.90 Å². The average molecular weight is 799 g/mol. The second-order valence-corrected chi connectivity index (χ2v) is 19.0. The van der Waals surface area contributed by atoms with Crippen molar-refractivity contribution >= 4 is 38.9 Å². The third kappa shape index (κ3) is 4.87. The van der Waals surface area contributed by atoms with Gasteiger partial charge in [-0.1, -0.05) is 153 Å².